The van der Waals surface area contributed by atoms with E-state index >= 15 is 0 Å². The molecule has 4 nitrogen and oxygen atoms in total. The van der Waals surface area contributed by atoms with Crippen molar-refractivity contribution in [3.05, 3.63) is 36.8 Å². The molecule has 0 saturated carbocycles. The Balaban J connectivity index is 2.54. The van der Waals surface area contributed by atoms with Gasteiger partial charge >= 0.3 is 0 Å². The van der Waals surface area contributed by atoms with Crippen LogP contribution >= 0.6 is 0 Å². The summed E-state index contributed by atoms with van der Waals surface area (Å²) in [4.78, 5) is 12.7. The van der Waals surface area contributed by atoms with Gasteiger partial charge in [-0.3, -0.25) is 9.97 Å². The number of hydrogen-bond acceptors (Lipinski definition) is 4. The van der Waals surface area contributed by atoms with Crippen molar-refractivity contribution in [2.45, 2.75) is 0 Å². The molecule has 0 unspecified atom stereocenters. The Morgan fingerprint density at radius 1 is 0.833 bits per heavy atom. The van der Waals surface area contributed by atoms with Crippen molar-refractivity contribution in [3.63, 3.8) is 0 Å². The molecule has 0 fully saturated rings. The molecule has 2 rings (SSSR count). The highest BCUT2D eigenvalue weighted by Crippen LogP contribution is 2.28. The average Bonchev–Trinajstić information content (AvgIpc) is 2.39. The second-order valence-corrected chi connectivity index (χ2v) is 4.62. The van der Waals surface area contributed by atoms with Crippen molar-refractivity contribution in [2.24, 2.45) is 0 Å². The van der Waals surface area contributed by atoms with Gasteiger partial charge in [0, 0.05) is 57.5 Å². The maximum absolute atomic E-state index is 4.35. The summed E-state index contributed by atoms with van der Waals surface area (Å²) in [5.41, 5.74) is 4.28. The highest BCUT2D eigenvalue weighted by atomic mass is 15.1. The van der Waals surface area contributed by atoms with Gasteiger partial charge in [-0.15, -0.1) is 0 Å². The predicted molar refractivity (Wildman–Crippen MR) is 76.1 cm³/mol. The first-order valence-electron chi connectivity index (χ1n) is 5.84. The molecule has 0 N–H and O–H groups in total. The van der Waals surface area contributed by atoms with Crippen LogP contribution in [0.5, 0.6) is 0 Å². The predicted octanol–water partition coefficient (Wildman–Crippen LogP) is 2.28. The molecule has 4 heteroatoms. The summed E-state index contributed by atoms with van der Waals surface area (Å²) in [6, 6.07) is 6.40. The summed E-state index contributed by atoms with van der Waals surface area (Å²) in [5.74, 6) is 0. The van der Waals surface area contributed by atoms with E-state index in [9.17, 15) is 0 Å². The fraction of sp³-hybridized carbons (Fsp3) is 0.286. The monoisotopic (exact) mass is 242 g/mol. The summed E-state index contributed by atoms with van der Waals surface area (Å²) >= 11 is 0. The maximum atomic E-state index is 4.35. The topological polar surface area (TPSA) is 32.3 Å². The van der Waals surface area contributed by atoms with E-state index in [0.717, 1.165) is 22.6 Å². The molecule has 0 amide bonds. The zero-order valence-corrected chi connectivity index (χ0v) is 11.3. The fourth-order valence-corrected chi connectivity index (χ4v) is 1.71. The zero-order chi connectivity index (χ0) is 13.1. The largest absolute Gasteiger partial charge is 0.378 e. The highest BCUT2D eigenvalue weighted by Gasteiger charge is 2.07. The van der Waals surface area contributed by atoms with Gasteiger partial charge in [0.25, 0.3) is 0 Å². The van der Waals surface area contributed by atoms with Crippen LogP contribution in [0.2, 0.25) is 0 Å². The van der Waals surface area contributed by atoms with Crippen molar-refractivity contribution >= 4 is 11.4 Å². The first kappa shape index (κ1) is 12.4. The van der Waals surface area contributed by atoms with Gasteiger partial charge in [0.1, 0.15) is 0 Å². The molecule has 94 valence electrons. The van der Waals surface area contributed by atoms with E-state index in [1.165, 1.54) is 0 Å². The Morgan fingerprint density at radius 3 is 1.89 bits per heavy atom. The lowest BCUT2D eigenvalue weighted by atomic mass is 10.1. The molecular formula is C14H18N4. The van der Waals surface area contributed by atoms with Gasteiger partial charge < -0.3 is 9.80 Å². The van der Waals surface area contributed by atoms with Crippen molar-refractivity contribution in [3.8, 4) is 11.3 Å². The zero-order valence-electron chi connectivity index (χ0n) is 11.3. The van der Waals surface area contributed by atoms with Gasteiger partial charge in [-0.2, -0.15) is 0 Å². The number of anilines is 2. The third kappa shape index (κ3) is 2.59. The lowest BCUT2D eigenvalue weighted by Crippen LogP contribution is -2.12. The molecule has 0 aliphatic rings. The Hall–Kier alpha value is -2.10. The Kier molecular flexibility index (Phi) is 3.46. The van der Waals surface area contributed by atoms with Gasteiger partial charge in [-0.25, -0.2) is 0 Å². The van der Waals surface area contributed by atoms with Crippen LogP contribution in [0.25, 0.3) is 11.3 Å². The molecule has 0 bridgehead atoms. The van der Waals surface area contributed by atoms with Gasteiger partial charge in [0.2, 0.25) is 0 Å². The molecule has 1 aromatic heterocycles. The lowest BCUT2D eigenvalue weighted by Gasteiger charge is -2.19. The summed E-state index contributed by atoms with van der Waals surface area (Å²) in [5, 5.41) is 0. The molecule has 2 aromatic rings. The molecule has 18 heavy (non-hydrogen) atoms. The van der Waals surface area contributed by atoms with Crippen LogP contribution < -0.4 is 9.80 Å². The molecule has 0 atom stereocenters. The second-order valence-electron chi connectivity index (χ2n) is 4.62. The van der Waals surface area contributed by atoms with E-state index in [0.29, 0.717) is 0 Å². The van der Waals surface area contributed by atoms with E-state index < -0.39 is 0 Å². The third-order valence-corrected chi connectivity index (χ3v) is 2.79. The van der Waals surface area contributed by atoms with E-state index in [4.69, 9.17) is 0 Å². The quantitative estimate of drug-likeness (QED) is 0.826. The minimum atomic E-state index is 0.893. The van der Waals surface area contributed by atoms with Crippen LogP contribution in [0.1, 0.15) is 0 Å². The van der Waals surface area contributed by atoms with Crippen molar-refractivity contribution in [1.82, 2.24) is 9.97 Å². The number of rotatable bonds is 3. The summed E-state index contributed by atoms with van der Waals surface area (Å²) in [6.07, 6.45) is 5.19. The molecule has 0 radical (unpaired) electrons. The third-order valence-electron chi connectivity index (χ3n) is 2.79. The van der Waals surface area contributed by atoms with E-state index in [1.54, 1.807) is 18.6 Å². The number of nitrogens with zero attached hydrogens (tertiary/aromatic N) is 4. The minimum Gasteiger partial charge on any atom is -0.378 e. The number of benzene rings is 1. The van der Waals surface area contributed by atoms with E-state index in [-0.39, 0.29) is 0 Å². The first-order valence-corrected chi connectivity index (χ1v) is 5.84. The van der Waals surface area contributed by atoms with Crippen molar-refractivity contribution in [2.75, 3.05) is 38.0 Å². The Bertz CT molecular complexity index is 494. The van der Waals surface area contributed by atoms with Crippen LogP contribution in [0.3, 0.4) is 0 Å². The van der Waals surface area contributed by atoms with E-state index in [2.05, 4.69) is 38.0 Å². The molecule has 0 aliphatic carbocycles. The highest BCUT2D eigenvalue weighted by molar-refractivity contribution is 5.72. The average molecular weight is 242 g/mol. The van der Waals surface area contributed by atoms with Crippen molar-refractivity contribution in [1.29, 1.82) is 0 Å². The van der Waals surface area contributed by atoms with E-state index in [1.807, 2.05) is 28.2 Å². The fourth-order valence-electron chi connectivity index (χ4n) is 1.71. The number of hydrogen-bond donors (Lipinski definition) is 0. The minimum absolute atomic E-state index is 0.893. The maximum Gasteiger partial charge on any atom is 0.0886 e. The standard InChI is InChI=1S/C14H18N4/c1-17(2)12-7-11(8-13(9-12)18(3)4)14-10-15-5-6-16-14/h5-10H,1-4H3. The number of aromatic nitrogens is 2. The van der Waals surface area contributed by atoms with Crippen LogP contribution in [0.15, 0.2) is 36.8 Å². The van der Waals surface area contributed by atoms with Crippen LogP contribution in [-0.4, -0.2) is 38.2 Å². The smallest absolute Gasteiger partial charge is 0.0886 e. The van der Waals surface area contributed by atoms with Crippen molar-refractivity contribution < 1.29 is 0 Å². The molecule has 1 heterocycles. The van der Waals surface area contributed by atoms with Gasteiger partial charge in [0.05, 0.1) is 11.9 Å². The Morgan fingerprint density at radius 2 is 1.44 bits per heavy atom. The molecule has 1 aromatic carbocycles. The Labute approximate surface area is 108 Å². The van der Waals surface area contributed by atoms with Gasteiger partial charge in [-0.05, 0) is 18.2 Å². The van der Waals surface area contributed by atoms with Crippen LogP contribution in [0.4, 0.5) is 11.4 Å². The van der Waals surface area contributed by atoms with Crippen LogP contribution in [0, 0.1) is 0 Å². The summed E-state index contributed by atoms with van der Waals surface area (Å²) < 4.78 is 0. The normalized spacial score (nSPS) is 10.2. The molecule has 0 saturated heterocycles. The summed E-state index contributed by atoms with van der Waals surface area (Å²) in [7, 11) is 8.15. The SMILES string of the molecule is CN(C)c1cc(-c2cnccn2)cc(N(C)C)c1. The summed E-state index contributed by atoms with van der Waals surface area (Å²) in [6.45, 7) is 0. The molecule has 0 spiro atoms. The first-order chi connectivity index (χ1) is 8.58. The van der Waals surface area contributed by atoms with Gasteiger partial charge in [-0.1, -0.05) is 0 Å². The van der Waals surface area contributed by atoms with Gasteiger partial charge in [0.15, 0.2) is 0 Å². The molecular weight excluding hydrogens is 224 g/mol. The second kappa shape index (κ2) is 5.04. The lowest BCUT2D eigenvalue weighted by molar-refractivity contribution is 1.10. The van der Waals surface area contributed by atoms with Crippen LogP contribution in [-0.2, 0) is 0 Å². The molecule has 0 aliphatic heterocycles.